The Morgan fingerprint density at radius 2 is 1.89 bits per heavy atom. The fourth-order valence-corrected chi connectivity index (χ4v) is 2.61. The van der Waals surface area contributed by atoms with Crippen LogP contribution in [-0.2, 0) is 4.79 Å². The summed E-state index contributed by atoms with van der Waals surface area (Å²) in [6, 6.07) is 4.05. The zero-order valence-electron chi connectivity index (χ0n) is 11.9. The molecule has 1 unspecified atom stereocenters. The Labute approximate surface area is 115 Å². The van der Waals surface area contributed by atoms with Gasteiger partial charge in [0.1, 0.15) is 0 Å². The van der Waals surface area contributed by atoms with Gasteiger partial charge in [-0.3, -0.25) is 9.78 Å². The first kappa shape index (κ1) is 13.8. The average Bonchev–Trinajstić information content (AvgIpc) is 2.48. The van der Waals surface area contributed by atoms with Gasteiger partial charge in [0.25, 0.3) is 0 Å². The topological polar surface area (TPSA) is 36.4 Å². The van der Waals surface area contributed by atoms with E-state index in [1.165, 1.54) is 5.69 Å². The number of aromatic nitrogens is 1. The first-order valence-electron chi connectivity index (χ1n) is 7.16. The third kappa shape index (κ3) is 3.46. The molecule has 104 valence electrons. The van der Waals surface area contributed by atoms with Crippen molar-refractivity contribution in [3.05, 3.63) is 24.5 Å². The summed E-state index contributed by atoms with van der Waals surface area (Å²) in [5.41, 5.74) is 1.20. The van der Waals surface area contributed by atoms with Crippen LogP contribution < -0.4 is 4.90 Å². The molecule has 1 aliphatic heterocycles. The molecular formula is C15H23N3O. The monoisotopic (exact) mass is 261 g/mol. The maximum absolute atomic E-state index is 12.2. The van der Waals surface area contributed by atoms with E-state index >= 15 is 0 Å². The average molecular weight is 261 g/mol. The fourth-order valence-electron chi connectivity index (χ4n) is 2.61. The van der Waals surface area contributed by atoms with Crippen molar-refractivity contribution < 1.29 is 4.79 Å². The van der Waals surface area contributed by atoms with Crippen molar-refractivity contribution in [2.45, 2.75) is 26.7 Å². The Bertz CT molecular complexity index is 399. The zero-order chi connectivity index (χ0) is 13.7. The second kappa shape index (κ2) is 6.55. The lowest BCUT2D eigenvalue weighted by atomic mass is 10.0. The summed E-state index contributed by atoms with van der Waals surface area (Å²) in [4.78, 5) is 20.6. The predicted molar refractivity (Wildman–Crippen MR) is 77.1 cm³/mol. The Morgan fingerprint density at radius 1 is 1.26 bits per heavy atom. The molecule has 0 aliphatic carbocycles. The van der Waals surface area contributed by atoms with Crippen LogP contribution in [-0.4, -0.2) is 42.0 Å². The summed E-state index contributed by atoms with van der Waals surface area (Å²) >= 11 is 0. The van der Waals surface area contributed by atoms with Crippen LogP contribution in [0.15, 0.2) is 24.5 Å². The van der Waals surface area contributed by atoms with Crippen LogP contribution in [0.5, 0.6) is 0 Å². The number of hydrogen-bond donors (Lipinski definition) is 0. The lowest BCUT2D eigenvalue weighted by Crippen LogP contribution is -2.50. The van der Waals surface area contributed by atoms with Gasteiger partial charge in [-0.05, 0) is 18.6 Å². The van der Waals surface area contributed by atoms with Crippen molar-refractivity contribution >= 4 is 11.6 Å². The molecule has 0 aromatic carbocycles. The van der Waals surface area contributed by atoms with Gasteiger partial charge in [0.05, 0.1) is 0 Å². The highest BCUT2D eigenvalue weighted by atomic mass is 16.2. The van der Waals surface area contributed by atoms with Gasteiger partial charge in [0.15, 0.2) is 0 Å². The minimum atomic E-state index is 0.164. The zero-order valence-corrected chi connectivity index (χ0v) is 11.9. The van der Waals surface area contributed by atoms with Crippen LogP contribution in [0.3, 0.4) is 0 Å². The summed E-state index contributed by atoms with van der Waals surface area (Å²) in [5.74, 6) is 0.480. The standard InChI is InChI=1S/C15H23N3O/c1-3-4-13(2)15(19)18-11-9-17(10-12-18)14-5-7-16-8-6-14/h5-8,13H,3-4,9-12H2,1-2H3. The molecule has 1 fully saturated rings. The van der Waals surface area contributed by atoms with Gasteiger partial charge < -0.3 is 9.80 Å². The lowest BCUT2D eigenvalue weighted by Gasteiger charge is -2.37. The summed E-state index contributed by atoms with van der Waals surface area (Å²) in [6.45, 7) is 7.65. The molecule has 0 radical (unpaired) electrons. The molecule has 0 saturated carbocycles. The number of nitrogens with zero attached hydrogens (tertiary/aromatic N) is 3. The highest BCUT2D eigenvalue weighted by Crippen LogP contribution is 2.17. The van der Waals surface area contributed by atoms with Gasteiger partial charge in [-0.1, -0.05) is 20.3 Å². The number of amides is 1. The second-order valence-corrected chi connectivity index (χ2v) is 5.21. The lowest BCUT2D eigenvalue weighted by molar-refractivity contribution is -0.135. The summed E-state index contributed by atoms with van der Waals surface area (Å²) < 4.78 is 0. The Morgan fingerprint density at radius 3 is 2.47 bits per heavy atom. The van der Waals surface area contributed by atoms with Crippen molar-refractivity contribution in [2.75, 3.05) is 31.1 Å². The molecule has 1 aromatic heterocycles. The van der Waals surface area contributed by atoms with E-state index in [2.05, 4.69) is 16.8 Å². The molecule has 1 amide bonds. The van der Waals surface area contributed by atoms with Crippen LogP contribution in [0.25, 0.3) is 0 Å². The summed E-state index contributed by atoms with van der Waals surface area (Å²) in [5, 5.41) is 0. The molecule has 1 aliphatic rings. The Hall–Kier alpha value is -1.58. The van der Waals surface area contributed by atoms with Crippen molar-refractivity contribution in [2.24, 2.45) is 5.92 Å². The second-order valence-electron chi connectivity index (χ2n) is 5.21. The molecule has 0 bridgehead atoms. The number of rotatable bonds is 4. The van der Waals surface area contributed by atoms with Crippen molar-refractivity contribution in [3.63, 3.8) is 0 Å². The van der Waals surface area contributed by atoms with E-state index in [4.69, 9.17) is 0 Å². The normalized spacial score (nSPS) is 17.4. The van der Waals surface area contributed by atoms with Crippen LogP contribution in [0.2, 0.25) is 0 Å². The van der Waals surface area contributed by atoms with Crippen LogP contribution in [0.4, 0.5) is 5.69 Å². The van der Waals surface area contributed by atoms with E-state index in [-0.39, 0.29) is 5.92 Å². The molecule has 2 rings (SSSR count). The molecule has 19 heavy (non-hydrogen) atoms. The maximum atomic E-state index is 12.2. The highest BCUT2D eigenvalue weighted by Gasteiger charge is 2.24. The molecule has 2 heterocycles. The Kier molecular flexibility index (Phi) is 4.77. The van der Waals surface area contributed by atoms with Gasteiger partial charge in [0, 0.05) is 50.2 Å². The third-order valence-electron chi connectivity index (χ3n) is 3.76. The molecule has 4 heteroatoms. The van der Waals surface area contributed by atoms with Crippen LogP contribution in [0.1, 0.15) is 26.7 Å². The smallest absolute Gasteiger partial charge is 0.225 e. The molecule has 0 spiro atoms. The quantitative estimate of drug-likeness (QED) is 0.833. The van der Waals surface area contributed by atoms with E-state index in [0.717, 1.165) is 39.0 Å². The molecule has 1 aromatic rings. The molecule has 0 N–H and O–H groups in total. The largest absolute Gasteiger partial charge is 0.368 e. The van der Waals surface area contributed by atoms with Gasteiger partial charge in [-0.15, -0.1) is 0 Å². The highest BCUT2D eigenvalue weighted by molar-refractivity contribution is 5.78. The van der Waals surface area contributed by atoms with E-state index in [1.54, 1.807) is 0 Å². The number of carbonyl (C=O) groups is 1. The predicted octanol–water partition coefficient (Wildman–Crippen LogP) is 2.17. The van der Waals surface area contributed by atoms with Crippen molar-refractivity contribution in [1.82, 2.24) is 9.88 Å². The van der Waals surface area contributed by atoms with Gasteiger partial charge >= 0.3 is 0 Å². The van der Waals surface area contributed by atoms with E-state index in [0.29, 0.717) is 5.91 Å². The molecule has 4 nitrogen and oxygen atoms in total. The molecule has 1 atom stereocenters. The number of pyridine rings is 1. The third-order valence-corrected chi connectivity index (χ3v) is 3.76. The van der Waals surface area contributed by atoms with E-state index in [9.17, 15) is 4.79 Å². The first-order chi connectivity index (χ1) is 9.22. The number of hydrogen-bond acceptors (Lipinski definition) is 3. The van der Waals surface area contributed by atoms with Crippen LogP contribution >= 0.6 is 0 Å². The first-order valence-corrected chi connectivity index (χ1v) is 7.16. The number of piperazine rings is 1. The summed E-state index contributed by atoms with van der Waals surface area (Å²) in [6.07, 6.45) is 5.69. The van der Waals surface area contributed by atoms with Crippen molar-refractivity contribution in [3.8, 4) is 0 Å². The number of carbonyl (C=O) groups excluding carboxylic acids is 1. The van der Waals surface area contributed by atoms with Gasteiger partial charge in [0.2, 0.25) is 5.91 Å². The maximum Gasteiger partial charge on any atom is 0.225 e. The van der Waals surface area contributed by atoms with E-state index < -0.39 is 0 Å². The SMILES string of the molecule is CCCC(C)C(=O)N1CCN(c2ccncc2)CC1. The minimum Gasteiger partial charge on any atom is -0.368 e. The van der Waals surface area contributed by atoms with Crippen LogP contribution in [0, 0.1) is 5.92 Å². The van der Waals surface area contributed by atoms with Gasteiger partial charge in [-0.2, -0.15) is 0 Å². The fraction of sp³-hybridized carbons (Fsp3) is 0.600. The van der Waals surface area contributed by atoms with E-state index in [1.807, 2.05) is 36.4 Å². The van der Waals surface area contributed by atoms with Crippen molar-refractivity contribution in [1.29, 1.82) is 0 Å². The number of anilines is 1. The minimum absolute atomic E-state index is 0.164. The molecule has 1 saturated heterocycles. The molecular weight excluding hydrogens is 238 g/mol. The summed E-state index contributed by atoms with van der Waals surface area (Å²) in [7, 11) is 0. The van der Waals surface area contributed by atoms with Gasteiger partial charge in [-0.25, -0.2) is 0 Å². The Balaban J connectivity index is 1.87.